The van der Waals surface area contributed by atoms with Crippen LogP contribution in [-0.2, 0) is 14.4 Å². The summed E-state index contributed by atoms with van der Waals surface area (Å²) >= 11 is 0. The fourth-order valence-corrected chi connectivity index (χ4v) is 6.25. The quantitative estimate of drug-likeness (QED) is 0.608. The van der Waals surface area contributed by atoms with Crippen molar-refractivity contribution >= 4 is 23.4 Å². The van der Waals surface area contributed by atoms with E-state index in [0.29, 0.717) is 50.9 Å². The molecular weight excluding hydrogens is 475 g/mol. The molecular formula is C28H31FN4O4. The largest absolute Gasteiger partial charge is 0.490 e. The number of carbonyl (C=O) groups is 3. The Hall–Kier alpha value is -3.49. The number of alkyl halides is 1. The van der Waals surface area contributed by atoms with Crippen molar-refractivity contribution in [3.63, 3.8) is 0 Å². The minimum Gasteiger partial charge on any atom is -0.490 e. The molecule has 2 aliphatic carbocycles. The van der Waals surface area contributed by atoms with Crippen molar-refractivity contribution < 1.29 is 23.5 Å². The number of anilines is 1. The molecule has 2 unspecified atom stereocenters. The summed E-state index contributed by atoms with van der Waals surface area (Å²) in [6.07, 6.45) is 5.13. The fraction of sp³-hybridized carbons (Fsp3) is 0.500. The van der Waals surface area contributed by atoms with Crippen LogP contribution in [0, 0.1) is 11.3 Å². The van der Waals surface area contributed by atoms with Gasteiger partial charge in [0.25, 0.3) is 0 Å². The molecule has 2 bridgehead atoms. The monoisotopic (exact) mass is 506 g/mol. The van der Waals surface area contributed by atoms with Gasteiger partial charge in [-0.3, -0.25) is 19.4 Å². The van der Waals surface area contributed by atoms with E-state index in [1.807, 2.05) is 30.3 Å². The van der Waals surface area contributed by atoms with E-state index in [-0.39, 0.29) is 30.3 Å². The number of hydrogen-bond acceptors (Lipinski definition) is 5. The van der Waals surface area contributed by atoms with Gasteiger partial charge in [0.1, 0.15) is 29.5 Å². The van der Waals surface area contributed by atoms with Gasteiger partial charge < -0.3 is 19.9 Å². The van der Waals surface area contributed by atoms with E-state index in [9.17, 15) is 18.8 Å². The zero-order valence-corrected chi connectivity index (χ0v) is 20.6. The number of nitrogens with zero attached hydrogens (tertiary/aromatic N) is 3. The average molecular weight is 507 g/mol. The number of pyridine rings is 1. The van der Waals surface area contributed by atoms with E-state index >= 15 is 0 Å². The topological polar surface area (TPSA) is 91.8 Å². The summed E-state index contributed by atoms with van der Waals surface area (Å²) in [7, 11) is 0. The summed E-state index contributed by atoms with van der Waals surface area (Å²) in [6, 6.07) is 11.3. The zero-order chi connectivity index (χ0) is 25.6. The van der Waals surface area contributed by atoms with Crippen LogP contribution >= 0.6 is 0 Å². The fourth-order valence-electron chi connectivity index (χ4n) is 6.25. The molecule has 37 heavy (non-hydrogen) atoms. The number of carbonyl (C=O) groups excluding carboxylic acids is 3. The van der Waals surface area contributed by atoms with Gasteiger partial charge in [-0.15, -0.1) is 0 Å². The lowest BCUT2D eigenvalue weighted by Gasteiger charge is -2.41. The number of benzene rings is 1. The molecule has 0 radical (unpaired) electrons. The van der Waals surface area contributed by atoms with Crippen LogP contribution in [0.4, 0.5) is 10.1 Å². The van der Waals surface area contributed by atoms with Crippen LogP contribution in [0.2, 0.25) is 0 Å². The minimum atomic E-state index is -1.22. The molecule has 2 aromatic rings. The van der Waals surface area contributed by atoms with E-state index in [1.54, 1.807) is 29.4 Å². The lowest BCUT2D eigenvalue weighted by molar-refractivity contribution is -0.156. The van der Waals surface area contributed by atoms with Gasteiger partial charge in [-0.1, -0.05) is 18.2 Å². The highest BCUT2D eigenvalue weighted by Crippen LogP contribution is 2.53. The Kier molecular flexibility index (Phi) is 6.09. The lowest BCUT2D eigenvalue weighted by Crippen LogP contribution is -2.60. The summed E-state index contributed by atoms with van der Waals surface area (Å²) < 4.78 is 20.9. The third-order valence-corrected chi connectivity index (χ3v) is 8.41. The highest BCUT2D eigenvalue weighted by Gasteiger charge is 2.65. The molecule has 3 amide bonds. The molecule has 1 aromatic carbocycles. The van der Waals surface area contributed by atoms with Gasteiger partial charge >= 0.3 is 0 Å². The predicted molar refractivity (Wildman–Crippen MR) is 133 cm³/mol. The van der Waals surface area contributed by atoms with Crippen molar-refractivity contribution in [2.45, 2.75) is 62.9 Å². The van der Waals surface area contributed by atoms with Crippen LogP contribution in [0.3, 0.4) is 0 Å². The molecule has 4 aliphatic rings. The molecule has 1 N–H and O–H groups in total. The average Bonchev–Trinajstić information content (AvgIpc) is 3.55. The molecule has 3 heterocycles. The number of amides is 3. The molecule has 8 nitrogen and oxygen atoms in total. The number of rotatable bonds is 6. The van der Waals surface area contributed by atoms with Crippen molar-refractivity contribution in [2.75, 3.05) is 18.4 Å². The summed E-state index contributed by atoms with van der Waals surface area (Å²) in [5.41, 5.74) is -0.605. The number of hydrogen-bond donors (Lipinski definition) is 1. The highest BCUT2D eigenvalue weighted by molar-refractivity contribution is 6.14. The van der Waals surface area contributed by atoms with Crippen LogP contribution < -0.4 is 10.1 Å². The van der Waals surface area contributed by atoms with Crippen molar-refractivity contribution in [1.82, 2.24) is 14.8 Å². The number of para-hydroxylation sites is 1. The molecule has 4 fully saturated rings. The Morgan fingerprint density at radius 1 is 1.00 bits per heavy atom. The molecule has 1 aromatic heterocycles. The molecule has 4 atom stereocenters. The smallest absolute Gasteiger partial charge is 0.245 e. The molecule has 9 heteroatoms. The zero-order valence-electron chi connectivity index (χ0n) is 20.6. The molecule has 2 aliphatic heterocycles. The number of halogens is 1. The number of ether oxygens (including phenoxy) is 1. The lowest BCUT2D eigenvalue weighted by atomic mass is 9.93. The molecule has 2 saturated heterocycles. The maximum absolute atomic E-state index is 14.9. The van der Waals surface area contributed by atoms with E-state index in [4.69, 9.17) is 4.74 Å². The molecule has 0 spiro atoms. The Balaban J connectivity index is 1.15. The van der Waals surface area contributed by atoms with E-state index in [2.05, 4.69) is 10.3 Å². The third-order valence-electron chi connectivity index (χ3n) is 8.41. The SMILES string of the molecule is O=C([C@H]1C2CC([C@@H](F)C2)N1C(=O)C1(C(=O)Nc2ccccc2)CC1)N1CCC(Oc2ccncc2)CC1. The highest BCUT2D eigenvalue weighted by atomic mass is 19.1. The summed E-state index contributed by atoms with van der Waals surface area (Å²) in [5.74, 6) is -0.362. The Labute approximate surface area is 215 Å². The summed E-state index contributed by atoms with van der Waals surface area (Å²) in [5, 5.41) is 2.84. The van der Waals surface area contributed by atoms with E-state index < -0.39 is 29.6 Å². The van der Waals surface area contributed by atoms with Gasteiger partial charge in [0.15, 0.2) is 0 Å². The van der Waals surface area contributed by atoms with Crippen molar-refractivity contribution in [3.8, 4) is 5.75 Å². The number of nitrogens with one attached hydrogen (secondary N) is 1. The maximum Gasteiger partial charge on any atom is 0.245 e. The first kappa shape index (κ1) is 23.9. The first-order valence-electron chi connectivity index (χ1n) is 13.1. The Bertz CT molecular complexity index is 1170. The van der Waals surface area contributed by atoms with Gasteiger partial charge in [0, 0.05) is 44.0 Å². The van der Waals surface area contributed by atoms with Gasteiger partial charge in [-0.05, 0) is 55.9 Å². The van der Waals surface area contributed by atoms with Gasteiger partial charge in [0.05, 0.1) is 6.04 Å². The summed E-state index contributed by atoms with van der Waals surface area (Å²) in [4.78, 5) is 48.0. The second-order valence-electron chi connectivity index (χ2n) is 10.7. The molecule has 6 rings (SSSR count). The number of fused-ring (bicyclic) bond motifs is 2. The van der Waals surface area contributed by atoms with Crippen LogP contribution in [0.5, 0.6) is 5.75 Å². The molecule has 2 saturated carbocycles. The first-order valence-corrected chi connectivity index (χ1v) is 13.1. The first-order chi connectivity index (χ1) is 18.0. The Morgan fingerprint density at radius 2 is 1.70 bits per heavy atom. The number of likely N-dealkylation sites (tertiary alicyclic amines) is 2. The van der Waals surface area contributed by atoms with E-state index in [0.717, 1.165) is 5.75 Å². The Morgan fingerprint density at radius 3 is 2.38 bits per heavy atom. The van der Waals surface area contributed by atoms with Crippen LogP contribution in [0.1, 0.15) is 38.5 Å². The van der Waals surface area contributed by atoms with Crippen LogP contribution in [0.25, 0.3) is 0 Å². The second kappa shape index (κ2) is 9.43. The minimum absolute atomic E-state index is 0.00384. The normalized spacial score (nSPS) is 28.1. The maximum atomic E-state index is 14.9. The van der Waals surface area contributed by atoms with Crippen molar-refractivity contribution in [2.24, 2.45) is 11.3 Å². The van der Waals surface area contributed by atoms with Crippen molar-refractivity contribution in [3.05, 3.63) is 54.9 Å². The van der Waals surface area contributed by atoms with E-state index in [1.165, 1.54) is 4.90 Å². The van der Waals surface area contributed by atoms with Crippen LogP contribution in [0.15, 0.2) is 54.9 Å². The van der Waals surface area contributed by atoms with Gasteiger partial charge in [-0.2, -0.15) is 0 Å². The van der Waals surface area contributed by atoms with Crippen molar-refractivity contribution in [1.29, 1.82) is 0 Å². The third kappa shape index (κ3) is 4.34. The van der Waals surface area contributed by atoms with Crippen LogP contribution in [-0.4, -0.2) is 70.0 Å². The van der Waals surface area contributed by atoms with Gasteiger partial charge in [0.2, 0.25) is 17.7 Å². The number of piperidine rings is 2. The molecule has 194 valence electrons. The van der Waals surface area contributed by atoms with Gasteiger partial charge in [-0.25, -0.2) is 4.39 Å². The number of aromatic nitrogens is 1. The second-order valence-corrected chi connectivity index (χ2v) is 10.7. The predicted octanol–water partition coefficient (Wildman–Crippen LogP) is 3.20. The standard InChI is InChI=1S/C28H31FN4O4/c29-22-16-18-17-23(22)33(27(36)28(10-11-28)26(35)31-19-4-2-1-3-5-19)24(18)25(34)32-14-8-21(9-15-32)37-20-6-12-30-13-7-20/h1-7,12-13,18,21-24H,8-11,14-17H2,(H,31,35)/t18?,22-,23?,24+/m0/s1. The summed E-state index contributed by atoms with van der Waals surface area (Å²) in [6.45, 7) is 1.03.